The molecular formula is C14H16N4O. The Bertz CT molecular complexity index is 622. The van der Waals surface area contributed by atoms with E-state index in [2.05, 4.69) is 39.1 Å². The largest absolute Gasteiger partial charge is 0.492 e. The van der Waals surface area contributed by atoms with Crippen molar-refractivity contribution in [2.75, 3.05) is 13.2 Å². The monoisotopic (exact) mass is 256 g/mol. The first-order chi connectivity index (χ1) is 9.34. The molecular weight excluding hydrogens is 240 g/mol. The first-order valence-electron chi connectivity index (χ1n) is 6.72. The van der Waals surface area contributed by atoms with E-state index in [4.69, 9.17) is 4.74 Å². The van der Waals surface area contributed by atoms with Gasteiger partial charge in [-0.05, 0) is 13.0 Å². The Kier molecular flexibility index (Phi) is 2.35. The van der Waals surface area contributed by atoms with Gasteiger partial charge in [-0.25, -0.2) is 0 Å². The molecule has 2 aromatic rings. The minimum atomic E-state index is 0.211. The number of fused-ring (bicyclic) bond motifs is 2. The molecule has 0 amide bonds. The van der Waals surface area contributed by atoms with E-state index in [0.717, 1.165) is 30.5 Å². The number of ether oxygens (including phenoxy) is 1. The van der Waals surface area contributed by atoms with Crippen LogP contribution in [-0.2, 0) is 6.54 Å². The van der Waals surface area contributed by atoms with Crippen molar-refractivity contribution in [1.29, 1.82) is 0 Å². The minimum Gasteiger partial charge on any atom is -0.492 e. The Hall–Kier alpha value is -1.88. The summed E-state index contributed by atoms with van der Waals surface area (Å²) in [5.74, 6) is 3.26. The van der Waals surface area contributed by atoms with Gasteiger partial charge < -0.3 is 14.6 Å². The summed E-state index contributed by atoms with van der Waals surface area (Å²) in [4.78, 5) is 0. The van der Waals surface area contributed by atoms with Crippen molar-refractivity contribution in [1.82, 2.24) is 20.1 Å². The third-order valence-electron chi connectivity index (χ3n) is 3.99. The van der Waals surface area contributed by atoms with E-state index in [9.17, 15) is 0 Å². The van der Waals surface area contributed by atoms with E-state index < -0.39 is 0 Å². The summed E-state index contributed by atoms with van der Waals surface area (Å²) in [5.41, 5.74) is 1.23. The van der Waals surface area contributed by atoms with E-state index >= 15 is 0 Å². The van der Waals surface area contributed by atoms with Crippen LogP contribution in [0.25, 0.3) is 0 Å². The van der Waals surface area contributed by atoms with Gasteiger partial charge in [0.1, 0.15) is 24.0 Å². The highest BCUT2D eigenvalue weighted by Gasteiger charge is 2.32. The van der Waals surface area contributed by atoms with Gasteiger partial charge in [0.2, 0.25) is 0 Å². The number of aromatic nitrogens is 3. The molecule has 2 unspecified atom stereocenters. The van der Waals surface area contributed by atoms with E-state index in [0.29, 0.717) is 6.61 Å². The molecule has 2 aliphatic heterocycles. The molecule has 19 heavy (non-hydrogen) atoms. The standard InChI is InChI=1S/C14H16N4O/c1-9-13-16-17-14(18(13)7-6-15-9)11-8-19-12-5-3-2-4-10(11)12/h2-5,9,11,15H,6-8H2,1H3. The van der Waals surface area contributed by atoms with Crippen molar-refractivity contribution in [3.63, 3.8) is 0 Å². The third-order valence-corrected chi connectivity index (χ3v) is 3.99. The predicted octanol–water partition coefficient (Wildman–Crippen LogP) is 1.47. The Morgan fingerprint density at radius 3 is 3.05 bits per heavy atom. The van der Waals surface area contributed by atoms with E-state index in [1.54, 1.807) is 0 Å². The smallest absolute Gasteiger partial charge is 0.149 e. The predicted molar refractivity (Wildman–Crippen MR) is 70.2 cm³/mol. The van der Waals surface area contributed by atoms with Crippen LogP contribution < -0.4 is 10.1 Å². The second kappa shape index (κ2) is 4.06. The molecule has 0 fully saturated rings. The van der Waals surface area contributed by atoms with Crippen LogP contribution in [0.1, 0.15) is 36.1 Å². The fourth-order valence-corrected chi connectivity index (χ4v) is 3.00. The lowest BCUT2D eigenvalue weighted by molar-refractivity contribution is 0.334. The maximum atomic E-state index is 5.76. The molecule has 0 aliphatic carbocycles. The fraction of sp³-hybridized carbons (Fsp3) is 0.429. The molecule has 0 radical (unpaired) electrons. The Balaban J connectivity index is 1.79. The number of nitrogens with one attached hydrogen (secondary N) is 1. The molecule has 3 heterocycles. The lowest BCUT2D eigenvalue weighted by Gasteiger charge is -2.23. The van der Waals surface area contributed by atoms with Crippen LogP contribution in [0, 0.1) is 0 Å². The molecule has 1 N–H and O–H groups in total. The number of benzene rings is 1. The van der Waals surface area contributed by atoms with Crippen molar-refractivity contribution < 1.29 is 4.74 Å². The normalized spacial score (nSPS) is 24.7. The maximum absolute atomic E-state index is 5.76. The number of hydrogen-bond donors (Lipinski definition) is 1. The van der Waals surface area contributed by atoms with Crippen LogP contribution in [0.3, 0.4) is 0 Å². The number of para-hydroxylation sites is 1. The summed E-state index contributed by atoms with van der Waals surface area (Å²) in [6, 6.07) is 8.48. The highest BCUT2D eigenvalue weighted by molar-refractivity contribution is 5.43. The summed E-state index contributed by atoms with van der Waals surface area (Å²) >= 11 is 0. The van der Waals surface area contributed by atoms with Crippen LogP contribution in [0.4, 0.5) is 0 Å². The SMILES string of the molecule is CC1NCCn2c1nnc2C1COc2ccccc21. The van der Waals surface area contributed by atoms with E-state index in [1.165, 1.54) is 5.56 Å². The second-order valence-corrected chi connectivity index (χ2v) is 5.15. The van der Waals surface area contributed by atoms with Gasteiger partial charge in [-0.2, -0.15) is 0 Å². The van der Waals surface area contributed by atoms with Crippen molar-refractivity contribution in [2.45, 2.75) is 25.4 Å². The van der Waals surface area contributed by atoms with Gasteiger partial charge in [-0.15, -0.1) is 10.2 Å². The molecule has 1 aromatic carbocycles. The number of rotatable bonds is 1. The van der Waals surface area contributed by atoms with Crippen molar-refractivity contribution in [3.05, 3.63) is 41.5 Å². The van der Waals surface area contributed by atoms with Crippen molar-refractivity contribution >= 4 is 0 Å². The van der Waals surface area contributed by atoms with Gasteiger partial charge in [0.25, 0.3) is 0 Å². The van der Waals surface area contributed by atoms with Crippen LogP contribution >= 0.6 is 0 Å². The Morgan fingerprint density at radius 1 is 1.26 bits per heavy atom. The molecule has 1 aromatic heterocycles. The Morgan fingerprint density at radius 2 is 2.11 bits per heavy atom. The molecule has 4 rings (SSSR count). The zero-order chi connectivity index (χ0) is 12.8. The zero-order valence-electron chi connectivity index (χ0n) is 10.8. The first kappa shape index (κ1) is 11.0. The van der Waals surface area contributed by atoms with Crippen molar-refractivity contribution in [2.24, 2.45) is 0 Å². The van der Waals surface area contributed by atoms with Gasteiger partial charge >= 0.3 is 0 Å². The molecule has 2 aliphatic rings. The molecule has 98 valence electrons. The molecule has 0 bridgehead atoms. The van der Waals surface area contributed by atoms with Gasteiger partial charge in [-0.1, -0.05) is 18.2 Å². The highest BCUT2D eigenvalue weighted by Crippen LogP contribution is 2.37. The third kappa shape index (κ3) is 1.58. The average Bonchev–Trinajstić information content (AvgIpc) is 3.02. The molecule has 2 atom stereocenters. The Labute approximate surface area is 111 Å². The topological polar surface area (TPSA) is 52.0 Å². The minimum absolute atomic E-state index is 0.211. The van der Waals surface area contributed by atoms with E-state index in [-0.39, 0.29) is 12.0 Å². The van der Waals surface area contributed by atoms with Crippen LogP contribution in [0.5, 0.6) is 5.75 Å². The maximum Gasteiger partial charge on any atom is 0.149 e. The molecule has 5 heteroatoms. The highest BCUT2D eigenvalue weighted by atomic mass is 16.5. The zero-order valence-corrected chi connectivity index (χ0v) is 10.8. The molecule has 0 saturated heterocycles. The lowest BCUT2D eigenvalue weighted by Crippen LogP contribution is -2.33. The fourth-order valence-electron chi connectivity index (χ4n) is 3.00. The average molecular weight is 256 g/mol. The summed E-state index contributed by atoms with van der Waals surface area (Å²) in [6.45, 7) is 4.69. The second-order valence-electron chi connectivity index (χ2n) is 5.15. The molecule has 0 spiro atoms. The summed E-state index contributed by atoms with van der Waals surface area (Å²) in [6.07, 6.45) is 0. The van der Waals surface area contributed by atoms with Crippen LogP contribution in [0.15, 0.2) is 24.3 Å². The number of hydrogen-bond acceptors (Lipinski definition) is 4. The summed E-state index contributed by atoms with van der Waals surface area (Å²) < 4.78 is 8.00. The molecule has 5 nitrogen and oxygen atoms in total. The summed E-state index contributed by atoms with van der Waals surface area (Å²) in [5, 5.41) is 12.2. The summed E-state index contributed by atoms with van der Waals surface area (Å²) in [7, 11) is 0. The van der Waals surface area contributed by atoms with Crippen molar-refractivity contribution in [3.8, 4) is 5.75 Å². The van der Waals surface area contributed by atoms with E-state index in [1.807, 2.05) is 12.1 Å². The number of nitrogens with zero attached hydrogens (tertiary/aromatic N) is 3. The quantitative estimate of drug-likeness (QED) is 0.839. The lowest BCUT2D eigenvalue weighted by atomic mass is 10.0. The van der Waals surface area contributed by atoms with Gasteiger partial charge in [0.15, 0.2) is 0 Å². The van der Waals surface area contributed by atoms with Gasteiger partial charge in [0, 0.05) is 18.7 Å². The van der Waals surface area contributed by atoms with Gasteiger partial charge in [0.05, 0.1) is 12.0 Å². The van der Waals surface area contributed by atoms with Gasteiger partial charge in [-0.3, -0.25) is 0 Å². The van der Waals surface area contributed by atoms with Crippen LogP contribution in [-0.4, -0.2) is 27.9 Å². The molecule has 0 saturated carbocycles. The first-order valence-corrected chi connectivity index (χ1v) is 6.72. The van der Waals surface area contributed by atoms with Crippen LogP contribution in [0.2, 0.25) is 0 Å².